The third kappa shape index (κ3) is 10.5. The van der Waals surface area contributed by atoms with Crippen LogP contribution in [-0.2, 0) is 33.6 Å². The summed E-state index contributed by atoms with van der Waals surface area (Å²) in [5.74, 6) is -0.359. The number of ether oxygens (including phenoxy) is 2. The molecule has 6 heteroatoms. The van der Waals surface area contributed by atoms with Crippen LogP contribution < -0.4 is 4.74 Å². The Kier molecular flexibility index (Phi) is 11.5. The van der Waals surface area contributed by atoms with Gasteiger partial charge in [0.25, 0.3) is 0 Å². The number of aryl methyl sites for hydroxylation is 3. The van der Waals surface area contributed by atoms with E-state index in [-0.39, 0.29) is 25.4 Å². The zero-order valence-electron chi connectivity index (χ0n) is 20.1. The van der Waals surface area contributed by atoms with Gasteiger partial charge in [0, 0.05) is 19.4 Å². The van der Waals surface area contributed by atoms with Gasteiger partial charge in [0.2, 0.25) is 0 Å². The lowest BCUT2D eigenvalue weighted by Crippen LogP contribution is -2.35. The van der Waals surface area contributed by atoms with Gasteiger partial charge in [0.15, 0.2) is 0 Å². The monoisotopic (exact) mass is 455 g/mol. The van der Waals surface area contributed by atoms with Crippen molar-refractivity contribution in [1.29, 1.82) is 0 Å². The average molecular weight is 456 g/mol. The van der Waals surface area contributed by atoms with Crippen molar-refractivity contribution in [2.45, 2.75) is 58.0 Å². The number of carbonyl (C=O) groups excluding carboxylic acids is 1. The molecule has 1 N–H and O–H groups in total. The summed E-state index contributed by atoms with van der Waals surface area (Å²) in [6.07, 6.45) is 3.68. The second-order valence-electron chi connectivity index (χ2n) is 8.56. The lowest BCUT2D eigenvalue weighted by atomic mass is 10.0. The first kappa shape index (κ1) is 26.4. The van der Waals surface area contributed by atoms with Crippen molar-refractivity contribution in [2.24, 2.45) is 0 Å². The van der Waals surface area contributed by atoms with E-state index in [9.17, 15) is 9.59 Å². The van der Waals surface area contributed by atoms with Crippen LogP contribution in [0.25, 0.3) is 0 Å². The summed E-state index contributed by atoms with van der Waals surface area (Å²) in [5, 5.41) is 8.71. The maximum atomic E-state index is 12.2. The van der Waals surface area contributed by atoms with Gasteiger partial charge in [-0.1, -0.05) is 49.4 Å². The SMILES string of the molecule is CCc1ccc(CCc2ccccc2OC[C@H](CN(C)C)OC(=O)CCCCC(=O)O)cc1. The molecule has 2 rings (SSSR count). The Balaban J connectivity index is 1.90. The molecular weight excluding hydrogens is 418 g/mol. The van der Waals surface area contributed by atoms with Crippen molar-refractivity contribution in [1.82, 2.24) is 4.90 Å². The minimum Gasteiger partial charge on any atom is -0.489 e. The Morgan fingerprint density at radius 1 is 0.939 bits per heavy atom. The number of rotatable bonds is 15. The second kappa shape index (κ2) is 14.3. The number of carbonyl (C=O) groups is 2. The molecule has 2 aromatic carbocycles. The van der Waals surface area contributed by atoms with E-state index in [4.69, 9.17) is 14.6 Å². The van der Waals surface area contributed by atoms with Crippen molar-refractivity contribution < 1.29 is 24.2 Å². The summed E-state index contributed by atoms with van der Waals surface area (Å²) < 4.78 is 11.7. The van der Waals surface area contributed by atoms with Crippen LogP contribution in [-0.4, -0.2) is 55.3 Å². The summed E-state index contributed by atoms with van der Waals surface area (Å²) in [4.78, 5) is 24.8. The first-order valence-corrected chi connectivity index (χ1v) is 11.7. The third-order valence-corrected chi connectivity index (χ3v) is 5.40. The number of likely N-dealkylation sites (N-methyl/N-ethyl adjacent to an activating group) is 1. The van der Waals surface area contributed by atoms with Crippen LogP contribution in [0.5, 0.6) is 5.75 Å². The van der Waals surface area contributed by atoms with Crippen molar-refractivity contribution in [2.75, 3.05) is 27.2 Å². The molecule has 0 bridgehead atoms. The van der Waals surface area contributed by atoms with Gasteiger partial charge in [0.05, 0.1) is 0 Å². The van der Waals surface area contributed by atoms with E-state index in [2.05, 4.69) is 37.3 Å². The molecule has 0 saturated heterocycles. The van der Waals surface area contributed by atoms with Gasteiger partial charge in [0.1, 0.15) is 18.5 Å². The van der Waals surface area contributed by atoms with Gasteiger partial charge >= 0.3 is 11.9 Å². The topological polar surface area (TPSA) is 76.1 Å². The molecule has 0 aromatic heterocycles. The quantitative estimate of drug-likeness (QED) is 0.314. The van der Waals surface area contributed by atoms with Crippen LogP contribution >= 0.6 is 0 Å². The Bertz CT molecular complexity index is 863. The maximum absolute atomic E-state index is 12.2. The van der Waals surface area contributed by atoms with Crippen LogP contribution in [0.2, 0.25) is 0 Å². The van der Waals surface area contributed by atoms with E-state index in [1.165, 1.54) is 11.1 Å². The van der Waals surface area contributed by atoms with Gasteiger partial charge in [-0.25, -0.2) is 0 Å². The molecular formula is C27H37NO5. The zero-order chi connectivity index (χ0) is 24.1. The number of esters is 1. The van der Waals surface area contributed by atoms with Gasteiger partial charge in [-0.3, -0.25) is 9.59 Å². The highest BCUT2D eigenvalue weighted by molar-refractivity contribution is 5.70. The molecule has 0 amide bonds. The molecule has 0 heterocycles. The van der Waals surface area contributed by atoms with E-state index in [1.807, 2.05) is 37.2 Å². The number of hydrogen-bond acceptors (Lipinski definition) is 5. The van der Waals surface area contributed by atoms with Crippen LogP contribution in [0.1, 0.15) is 49.3 Å². The van der Waals surface area contributed by atoms with Crippen LogP contribution in [0.4, 0.5) is 0 Å². The van der Waals surface area contributed by atoms with E-state index in [1.54, 1.807) is 0 Å². The predicted octanol–water partition coefficient (Wildman–Crippen LogP) is 4.53. The summed E-state index contributed by atoms with van der Waals surface area (Å²) in [6, 6.07) is 16.7. The summed E-state index contributed by atoms with van der Waals surface area (Å²) in [6.45, 7) is 2.97. The van der Waals surface area contributed by atoms with Crippen LogP contribution in [0.3, 0.4) is 0 Å². The predicted molar refractivity (Wildman–Crippen MR) is 130 cm³/mol. The number of carboxylic acids is 1. The Labute approximate surface area is 197 Å². The van der Waals surface area contributed by atoms with Crippen LogP contribution in [0.15, 0.2) is 48.5 Å². The number of nitrogens with zero attached hydrogens (tertiary/aromatic N) is 1. The number of carboxylic acid groups (broad SMARTS) is 1. The lowest BCUT2D eigenvalue weighted by Gasteiger charge is -2.22. The number of aliphatic carboxylic acids is 1. The third-order valence-electron chi connectivity index (χ3n) is 5.40. The molecule has 0 unspecified atom stereocenters. The summed E-state index contributed by atoms with van der Waals surface area (Å²) >= 11 is 0. The van der Waals surface area contributed by atoms with Gasteiger partial charge in [-0.15, -0.1) is 0 Å². The normalized spacial score (nSPS) is 11.9. The molecule has 1 atom stereocenters. The van der Waals surface area contributed by atoms with E-state index >= 15 is 0 Å². The molecule has 0 spiro atoms. The minimum atomic E-state index is -0.848. The largest absolute Gasteiger partial charge is 0.489 e. The molecule has 0 radical (unpaired) electrons. The second-order valence-corrected chi connectivity index (χ2v) is 8.56. The molecule has 0 aliphatic carbocycles. The van der Waals surface area contributed by atoms with Crippen molar-refractivity contribution in [3.05, 3.63) is 65.2 Å². The lowest BCUT2D eigenvalue weighted by molar-refractivity contribution is -0.151. The van der Waals surface area contributed by atoms with Crippen molar-refractivity contribution in [3.8, 4) is 5.75 Å². The molecule has 0 fully saturated rings. The molecule has 0 aliphatic rings. The first-order chi connectivity index (χ1) is 15.9. The summed E-state index contributed by atoms with van der Waals surface area (Å²) in [7, 11) is 3.84. The van der Waals surface area contributed by atoms with Gasteiger partial charge in [-0.05, 0) is 69.0 Å². The summed E-state index contributed by atoms with van der Waals surface area (Å²) in [5.41, 5.74) is 3.76. The molecule has 6 nitrogen and oxygen atoms in total. The van der Waals surface area contributed by atoms with Crippen LogP contribution in [0, 0.1) is 0 Å². The first-order valence-electron chi connectivity index (χ1n) is 11.7. The number of benzene rings is 2. The molecule has 2 aromatic rings. The van der Waals surface area contributed by atoms with Crippen molar-refractivity contribution in [3.63, 3.8) is 0 Å². The number of para-hydroxylation sites is 1. The Morgan fingerprint density at radius 3 is 2.27 bits per heavy atom. The van der Waals surface area contributed by atoms with Gasteiger partial charge in [-0.2, -0.15) is 0 Å². The number of hydrogen-bond donors (Lipinski definition) is 1. The van der Waals surface area contributed by atoms with Gasteiger partial charge < -0.3 is 19.5 Å². The fourth-order valence-corrected chi connectivity index (χ4v) is 3.58. The zero-order valence-corrected chi connectivity index (χ0v) is 20.1. The van der Waals surface area contributed by atoms with E-state index in [0.717, 1.165) is 30.6 Å². The van der Waals surface area contributed by atoms with Crippen molar-refractivity contribution >= 4 is 11.9 Å². The molecule has 0 aliphatic heterocycles. The minimum absolute atomic E-state index is 0.0665. The Hall–Kier alpha value is -2.86. The standard InChI is InChI=1S/C27H37NO5/c1-4-21-13-15-22(16-14-21)17-18-23-9-5-6-10-25(23)32-20-24(19-28(2)3)33-27(31)12-8-7-11-26(29)30/h5-6,9-10,13-16,24H,4,7-8,11-12,17-20H2,1-3H3,(H,29,30)/t24-/m0/s1. The molecule has 180 valence electrons. The molecule has 0 saturated carbocycles. The van der Waals surface area contributed by atoms with E-state index < -0.39 is 12.1 Å². The fraction of sp³-hybridized carbons (Fsp3) is 0.481. The maximum Gasteiger partial charge on any atom is 0.306 e. The highest BCUT2D eigenvalue weighted by Crippen LogP contribution is 2.21. The Morgan fingerprint density at radius 2 is 1.61 bits per heavy atom. The average Bonchev–Trinajstić information content (AvgIpc) is 2.79. The number of unbranched alkanes of at least 4 members (excludes halogenated alkanes) is 1. The highest BCUT2D eigenvalue weighted by Gasteiger charge is 2.17. The fourth-order valence-electron chi connectivity index (χ4n) is 3.58. The molecule has 33 heavy (non-hydrogen) atoms. The smallest absolute Gasteiger partial charge is 0.306 e. The highest BCUT2D eigenvalue weighted by atomic mass is 16.6. The van der Waals surface area contributed by atoms with E-state index in [0.29, 0.717) is 19.4 Å².